The average Bonchev–Trinajstić information content (AvgIpc) is 2.80. The van der Waals surface area contributed by atoms with Crippen LogP contribution in [0.1, 0.15) is 43.6 Å². The molecule has 0 heterocycles. The molecule has 104 valence electrons. The fraction of sp³-hybridized carbons (Fsp3) is 0.625. The third-order valence-corrected chi connectivity index (χ3v) is 5.29. The Labute approximate surface area is 123 Å². The number of aliphatic hydroxyl groups is 1. The molecule has 0 radical (unpaired) electrons. The lowest BCUT2D eigenvalue weighted by Gasteiger charge is -2.39. The number of hydrogen-bond acceptors (Lipinski definition) is 2. The second-order valence-corrected chi connectivity index (χ2v) is 6.98. The lowest BCUT2D eigenvalue weighted by molar-refractivity contribution is 0.179. The minimum Gasteiger partial charge on any atom is -0.396 e. The Morgan fingerprint density at radius 3 is 2.84 bits per heavy atom. The van der Waals surface area contributed by atoms with Crippen LogP contribution < -0.4 is 5.32 Å². The van der Waals surface area contributed by atoms with E-state index in [1.807, 2.05) is 0 Å². The highest BCUT2D eigenvalue weighted by Crippen LogP contribution is 2.39. The van der Waals surface area contributed by atoms with Gasteiger partial charge in [0.1, 0.15) is 0 Å². The highest BCUT2D eigenvalue weighted by atomic mass is 79.9. The number of aliphatic hydroxyl groups excluding tert-OH is 1. The maximum Gasteiger partial charge on any atom is 0.0474 e. The molecule has 2 N–H and O–H groups in total. The molecule has 0 aromatic heterocycles. The SMILES string of the molecule is OCC1CCCC1NC1CC(c2cccc(Br)c2)C1. The van der Waals surface area contributed by atoms with Crippen molar-refractivity contribution in [2.75, 3.05) is 6.61 Å². The third-order valence-electron chi connectivity index (χ3n) is 4.80. The van der Waals surface area contributed by atoms with E-state index in [2.05, 4.69) is 45.5 Å². The summed E-state index contributed by atoms with van der Waals surface area (Å²) in [6, 6.07) is 9.89. The molecule has 19 heavy (non-hydrogen) atoms. The van der Waals surface area contributed by atoms with Gasteiger partial charge in [0.05, 0.1) is 0 Å². The van der Waals surface area contributed by atoms with Gasteiger partial charge in [-0.1, -0.05) is 34.5 Å². The molecule has 0 saturated heterocycles. The van der Waals surface area contributed by atoms with Gasteiger partial charge >= 0.3 is 0 Å². The van der Waals surface area contributed by atoms with Crippen LogP contribution in [0.2, 0.25) is 0 Å². The maximum atomic E-state index is 9.36. The topological polar surface area (TPSA) is 32.3 Å². The Hall–Kier alpha value is -0.380. The van der Waals surface area contributed by atoms with E-state index >= 15 is 0 Å². The van der Waals surface area contributed by atoms with Gasteiger partial charge in [-0.05, 0) is 55.2 Å². The van der Waals surface area contributed by atoms with Crippen molar-refractivity contribution in [2.45, 2.75) is 50.1 Å². The van der Waals surface area contributed by atoms with Crippen LogP contribution in [0.3, 0.4) is 0 Å². The summed E-state index contributed by atoms with van der Waals surface area (Å²) >= 11 is 3.54. The minimum atomic E-state index is 0.347. The van der Waals surface area contributed by atoms with Crippen LogP contribution in [-0.2, 0) is 0 Å². The van der Waals surface area contributed by atoms with Gasteiger partial charge in [-0.15, -0.1) is 0 Å². The van der Waals surface area contributed by atoms with Gasteiger partial charge in [-0.25, -0.2) is 0 Å². The second kappa shape index (κ2) is 5.94. The molecular weight excluding hydrogens is 302 g/mol. The Morgan fingerprint density at radius 1 is 1.26 bits per heavy atom. The molecule has 2 atom stereocenters. The van der Waals surface area contributed by atoms with Gasteiger partial charge < -0.3 is 10.4 Å². The highest BCUT2D eigenvalue weighted by Gasteiger charge is 2.35. The molecule has 2 aliphatic carbocycles. The van der Waals surface area contributed by atoms with Crippen molar-refractivity contribution < 1.29 is 5.11 Å². The van der Waals surface area contributed by atoms with Crippen LogP contribution >= 0.6 is 15.9 Å². The molecule has 2 nitrogen and oxygen atoms in total. The molecule has 2 saturated carbocycles. The van der Waals surface area contributed by atoms with Gasteiger partial charge in [-0.3, -0.25) is 0 Å². The predicted molar refractivity (Wildman–Crippen MR) is 81.3 cm³/mol. The van der Waals surface area contributed by atoms with Gasteiger partial charge in [0.2, 0.25) is 0 Å². The lowest BCUT2D eigenvalue weighted by atomic mass is 9.75. The molecule has 1 aromatic rings. The molecule has 3 heteroatoms. The molecule has 2 aliphatic rings. The van der Waals surface area contributed by atoms with Crippen LogP contribution in [0.15, 0.2) is 28.7 Å². The van der Waals surface area contributed by atoms with Crippen molar-refractivity contribution in [2.24, 2.45) is 5.92 Å². The zero-order valence-corrected chi connectivity index (χ0v) is 12.8. The molecule has 1 aromatic carbocycles. The fourth-order valence-corrected chi connectivity index (χ4v) is 3.98. The number of rotatable bonds is 4. The van der Waals surface area contributed by atoms with Gasteiger partial charge in [0, 0.05) is 23.2 Å². The van der Waals surface area contributed by atoms with Crippen LogP contribution in [0.5, 0.6) is 0 Å². The first kappa shape index (κ1) is 13.6. The fourth-order valence-electron chi connectivity index (χ4n) is 3.56. The monoisotopic (exact) mass is 323 g/mol. The van der Waals surface area contributed by atoms with Gasteiger partial charge in [0.15, 0.2) is 0 Å². The first-order valence-corrected chi connectivity index (χ1v) is 8.18. The van der Waals surface area contributed by atoms with E-state index in [0.717, 1.165) is 0 Å². The molecule has 0 aliphatic heterocycles. The van der Waals surface area contributed by atoms with E-state index in [0.29, 0.717) is 30.5 Å². The second-order valence-electron chi connectivity index (χ2n) is 6.07. The summed E-state index contributed by atoms with van der Waals surface area (Å²) in [6.07, 6.45) is 6.18. The van der Waals surface area contributed by atoms with E-state index < -0.39 is 0 Å². The third kappa shape index (κ3) is 3.04. The van der Waals surface area contributed by atoms with Gasteiger partial charge in [-0.2, -0.15) is 0 Å². The molecule has 0 spiro atoms. The smallest absolute Gasteiger partial charge is 0.0474 e. The first-order chi connectivity index (χ1) is 9.26. The Kier molecular flexibility index (Phi) is 4.25. The zero-order valence-electron chi connectivity index (χ0n) is 11.2. The van der Waals surface area contributed by atoms with Crippen molar-refractivity contribution in [3.8, 4) is 0 Å². The number of hydrogen-bond donors (Lipinski definition) is 2. The molecular formula is C16H22BrNO. The number of benzene rings is 1. The average molecular weight is 324 g/mol. The highest BCUT2D eigenvalue weighted by molar-refractivity contribution is 9.10. The van der Waals surface area contributed by atoms with E-state index in [-0.39, 0.29) is 0 Å². The van der Waals surface area contributed by atoms with Crippen LogP contribution in [0, 0.1) is 5.92 Å². The predicted octanol–water partition coefficient (Wildman–Crippen LogP) is 3.45. The Bertz CT molecular complexity index is 431. The van der Waals surface area contributed by atoms with E-state index in [1.165, 1.54) is 42.1 Å². The molecule has 0 bridgehead atoms. The number of nitrogens with one attached hydrogen (secondary N) is 1. The minimum absolute atomic E-state index is 0.347. The van der Waals surface area contributed by atoms with Crippen molar-refractivity contribution >= 4 is 15.9 Å². The van der Waals surface area contributed by atoms with Crippen molar-refractivity contribution in [1.29, 1.82) is 0 Å². The largest absolute Gasteiger partial charge is 0.396 e. The molecule has 0 amide bonds. The summed E-state index contributed by atoms with van der Waals surface area (Å²) in [6.45, 7) is 0.347. The van der Waals surface area contributed by atoms with E-state index in [9.17, 15) is 5.11 Å². The summed E-state index contributed by atoms with van der Waals surface area (Å²) in [5, 5.41) is 13.1. The molecule has 3 rings (SSSR count). The zero-order chi connectivity index (χ0) is 13.2. The van der Waals surface area contributed by atoms with Crippen LogP contribution in [-0.4, -0.2) is 23.8 Å². The van der Waals surface area contributed by atoms with Crippen molar-refractivity contribution in [1.82, 2.24) is 5.32 Å². The summed E-state index contributed by atoms with van der Waals surface area (Å²) in [4.78, 5) is 0. The standard InChI is InChI=1S/C16H22BrNO/c17-14-5-1-3-11(7-14)13-8-15(9-13)18-16-6-2-4-12(16)10-19/h1,3,5,7,12-13,15-16,18-19H,2,4,6,8-10H2. The maximum absolute atomic E-state index is 9.36. The van der Waals surface area contributed by atoms with Crippen LogP contribution in [0.4, 0.5) is 0 Å². The first-order valence-electron chi connectivity index (χ1n) is 7.38. The van der Waals surface area contributed by atoms with Crippen LogP contribution in [0.25, 0.3) is 0 Å². The van der Waals surface area contributed by atoms with E-state index in [4.69, 9.17) is 0 Å². The normalized spacial score (nSPS) is 34.2. The quantitative estimate of drug-likeness (QED) is 0.889. The molecule has 2 unspecified atom stereocenters. The van der Waals surface area contributed by atoms with Gasteiger partial charge in [0.25, 0.3) is 0 Å². The lowest BCUT2D eigenvalue weighted by Crippen LogP contribution is -2.47. The Balaban J connectivity index is 1.50. The summed E-state index contributed by atoms with van der Waals surface area (Å²) in [7, 11) is 0. The Morgan fingerprint density at radius 2 is 2.11 bits per heavy atom. The summed E-state index contributed by atoms with van der Waals surface area (Å²) in [5.41, 5.74) is 1.46. The number of halogens is 1. The summed E-state index contributed by atoms with van der Waals surface area (Å²) in [5.74, 6) is 1.20. The molecule has 2 fully saturated rings. The summed E-state index contributed by atoms with van der Waals surface area (Å²) < 4.78 is 1.18. The van der Waals surface area contributed by atoms with E-state index in [1.54, 1.807) is 0 Å². The van der Waals surface area contributed by atoms with Crippen molar-refractivity contribution in [3.05, 3.63) is 34.3 Å². The van der Waals surface area contributed by atoms with Crippen molar-refractivity contribution in [3.63, 3.8) is 0 Å².